The molecule has 2 fully saturated rings. The minimum absolute atomic E-state index is 0.256. The van der Waals surface area contributed by atoms with Crippen LogP contribution in [0.4, 0.5) is 0 Å². The van der Waals surface area contributed by atoms with Crippen molar-refractivity contribution < 1.29 is 14.6 Å². The summed E-state index contributed by atoms with van der Waals surface area (Å²) in [7, 11) is 0. The Bertz CT molecular complexity index is 264. The number of β-amino-alcohol motifs (C(OH)–C–C–N with tert-alkyl or cyclic N) is 1. The van der Waals surface area contributed by atoms with Gasteiger partial charge in [-0.3, -0.25) is 4.90 Å². The van der Waals surface area contributed by atoms with E-state index in [1.165, 1.54) is 12.8 Å². The Morgan fingerprint density at radius 1 is 1.21 bits per heavy atom. The van der Waals surface area contributed by atoms with Crippen LogP contribution in [0, 0.1) is 5.92 Å². The Kier molecular flexibility index (Phi) is 5.63. The van der Waals surface area contributed by atoms with E-state index in [-0.39, 0.29) is 18.3 Å². The molecular formula is C15H29NO3. The van der Waals surface area contributed by atoms with E-state index in [1.54, 1.807) is 0 Å². The van der Waals surface area contributed by atoms with Gasteiger partial charge in [-0.2, -0.15) is 0 Å². The third kappa shape index (κ3) is 4.71. The Balaban J connectivity index is 1.67. The number of hydrogen-bond acceptors (Lipinski definition) is 4. The zero-order valence-electron chi connectivity index (χ0n) is 12.5. The first-order chi connectivity index (χ1) is 9.04. The van der Waals surface area contributed by atoms with E-state index >= 15 is 0 Å². The molecule has 0 aromatic heterocycles. The van der Waals surface area contributed by atoms with Crippen molar-refractivity contribution in [2.24, 2.45) is 5.92 Å². The largest absolute Gasteiger partial charge is 0.389 e. The van der Waals surface area contributed by atoms with Gasteiger partial charge in [-0.1, -0.05) is 13.3 Å². The summed E-state index contributed by atoms with van der Waals surface area (Å²) in [6.07, 6.45) is 4.17. The van der Waals surface area contributed by atoms with Crippen LogP contribution in [0.25, 0.3) is 0 Å². The first kappa shape index (κ1) is 15.2. The molecule has 0 unspecified atom stereocenters. The van der Waals surface area contributed by atoms with E-state index in [0.29, 0.717) is 25.2 Å². The molecule has 4 heteroatoms. The maximum absolute atomic E-state index is 10.1. The normalized spacial score (nSPS) is 38.5. The average Bonchev–Trinajstić information content (AvgIpc) is 2.71. The molecule has 1 N–H and O–H groups in total. The third-order valence-corrected chi connectivity index (χ3v) is 4.25. The Morgan fingerprint density at radius 2 is 1.89 bits per heavy atom. The summed E-state index contributed by atoms with van der Waals surface area (Å²) < 4.78 is 11.6. The van der Waals surface area contributed by atoms with E-state index in [9.17, 15) is 5.11 Å². The van der Waals surface area contributed by atoms with Gasteiger partial charge in [0.25, 0.3) is 0 Å². The topological polar surface area (TPSA) is 41.9 Å². The fraction of sp³-hybridized carbons (Fsp3) is 1.00. The molecule has 5 atom stereocenters. The van der Waals surface area contributed by atoms with Crippen molar-refractivity contribution in [2.45, 2.75) is 64.4 Å². The molecule has 0 radical (unpaired) electrons. The van der Waals surface area contributed by atoms with Gasteiger partial charge in [0.1, 0.15) is 0 Å². The second-order valence-electron chi connectivity index (χ2n) is 6.41. The van der Waals surface area contributed by atoms with Crippen LogP contribution in [0.15, 0.2) is 0 Å². The SMILES string of the molecule is C[C@@H]1CN(C[C@@H](O)CO[C@@H]2CCC[C@H]2C)C[C@H](C)O1. The van der Waals surface area contributed by atoms with E-state index in [4.69, 9.17) is 9.47 Å². The van der Waals surface area contributed by atoms with Crippen LogP contribution in [0.5, 0.6) is 0 Å². The minimum atomic E-state index is -0.384. The van der Waals surface area contributed by atoms with Crippen LogP contribution in [0.2, 0.25) is 0 Å². The van der Waals surface area contributed by atoms with Gasteiger partial charge in [0.15, 0.2) is 0 Å². The zero-order chi connectivity index (χ0) is 13.8. The van der Waals surface area contributed by atoms with Gasteiger partial charge in [-0.25, -0.2) is 0 Å². The van der Waals surface area contributed by atoms with Crippen molar-refractivity contribution in [1.29, 1.82) is 0 Å². The molecular weight excluding hydrogens is 242 g/mol. The number of aliphatic hydroxyl groups is 1. The zero-order valence-corrected chi connectivity index (χ0v) is 12.5. The first-order valence-corrected chi connectivity index (χ1v) is 7.72. The number of aliphatic hydroxyl groups excluding tert-OH is 1. The highest BCUT2D eigenvalue weighted by Crippen LogP contribution is 2.27. The number of morpholine rings is 1. The molecule has 1 aliphatic heterocycles. The predicted molar refractivity (Wildman–Crippen MR) is 75.2 cm³/mol. The van der Waals surface area contributed by atoms with Gasteiger partial charge < -0.3 is 14.6 Å². The molecule has 1 aliphatic carbocycles. The number of hydrogen-bond donors (Lipinski definition) is 1. The van der Waals surface area contributed by atoms with Gasteiger partial charge in [0.05, 0.1) is 31.0 Å². The van der Waals surface area contributed by atoms with E-state index < -0.39 is 0 Å². The van der Waals surface area contributed by atoms with Gasteiger partial charge in [0, 0.05) is 19.6 Å². The minimum Gasteiger partial charge on any atom is -0.389 e. The van der Waals surface area contributed by atoms with Crippen molar-refractivity contribution in [3.8, 4) is 0 Å². The van der Waals surface area contributed by atoms with Crippen LogP contribution in [0.1, 0.15) is 40.0 Å². The molecule has 19 heavy (non-hydrogen) atoms. The molecule has 0 bridgehead atoms. The molecule has 1 saturated carbocycles. The van der Waals surface area contributed by atoms with E-state index in [0.717, 1.165) is 19.5 Å². The first-order valence-electron chi connectivity index (χ1n) is 7.72. The molecule has 112 valence electrons. The summed E-state index contributed by atoms with van der Waals surface area (Å²) in [5, 5.41) is 10.1. The molecule has 2 aliphatic rings. The maximum Gasteiger partial charge on any atom is 0.0900 e. The van der Waals surface area contributed by atoms with Crippen LogP contribution in [0.3, 0.4) is 0 Å². The summed E-state index contributed by atoms with van der Waals surface area (Å²) >= 11 is 0. The Labute approximate surface area is 117 Å². The molecule has 2 rings (SSSR count). The molecule has 0 spiro atoms. The van der Waals surface area contributed by atoms with Crippen molar-refractivity contribution in [2.75, 3.05) is 26.2 Å². The highest BCUT2D eigenvalue weighted by Gasteiger charge is 2.26. The fourth-order valence-electron chi connectivity index (χ4n) is 3.38. The summed E-state index contributed by atoms with van der Waals surface area (Å²) in [4.78, 5) is 2.28. The van der Waals surface area contributed by atoms with Crippen LogP contribution in [-0.2, 0) is 9.47 Å². The van der Waals surface area contributed by atoms with E-state index in [2.05, 4.69) is 25.7 Å². The fourth-order valence-corrected chi connectivity index (χ4v) is 3.38. The van der Waals surface area contributed by atoms with Gasteiger partial charge in [-0.15, -0.1) is 0 Å². The standard InChI is InChI=1S/C15H29NO3/c1-11-5-4-6-15(11)18-10-14(17)9-16-7-12(2)19-13(3)8-16/h11-15,17H,4-10H2,1-3H3/t11-,12-,13+,14-,15-/m1/s1. The second-order valence-corrected chi connectivity index (χ2v) is 6.41. The number of ether oxygens (including phenoxy) is 2. The van der Waals surface area contributed by atoms with E-state index in [1.807, 2.05) is 0 Å². The molecule has 1 saturated heterocycles. The maximum atomic E-state index is 10.1. The summed E-state index contributed by atoms with van der Waals surface area (Å²) in [5.41, 5.74) is 0. The summed E-state index contributed by atoms with van der Waals surface area (Å²) in [5.74, 6) is 0.649. The second kappa shape index (κ2) is 7.02. The third-order valence-electron chi connectivity index (χ3n) is 4.25. The monoisotopic (exact) mass is 271 g/mol. The average molecular weight is 271 g/mol. The summed E-state index contributed by atoms with van der Waals surface area (Å²) in [6.45, 7) is 9.39. The van der Waals surface area contributed by atoms with Gasteiger partial charge >= 0.3 is 0 Å². The lowest BCUT2D eigenvalue weighted by Crippen LogP contribution is -2.48. The molecule has 0 aromatic rings. The van der Waals surface area contributed by atoms with Crippen molar-refractivity contribution in [1.82, 2.24) is 4.90 Å². The van der Waals surface area contributed by atoms with Crippen molar-refractivity contribution in [3.63, 3.8) is 0 Å². The van der Waals surface area contributed by atoms with Gasteiger partial charge in [0.2, 0.25) is 0 Å². The quantitative estimate of drug-likeness (QED) is 0.826. The predicted octanol–water partition coefficient (Wildman–Crippen LogP) is 1.66. The van der Waals surface area contributed by atoms with Crippen molar-refractivity contribution >= 4 is 0 Å². The lowest BCUT2D eigenvalue weighted by Gasteiger charge is -2.36. The lowest BCUT2D eigenvalue weighted by molar-refractivity contribution is -0.0872. The van der Waals surface area contributed by atoms with Crippen LogP contribution >= 0.6 is 0 Å². The van der Waals surface area contributed by atoms with Crippen LogP contribution < -0.4 is 0 Å². The number of nitrogens with zero attached hydrogens (tertiary/aromatic N) is 1. The molecule has 4 nitrogen and oxygen atoms in total. The number of rotatable bonds is 5. The molecule has 1 heterocycles. The lowest BCUT2D eigenvalue weighted by atomic mass is 10.1. The Hall–Kier alpha value is -0.160. The highest BCUT2D eigenvalue weighted by molar-refractivity contribution is 4.77. The van der Waals surface area contributed by atoms with Crippen LogP contribution in [-0.4, -0.2) is 60.7 Å². The smallest absolute Gasteiger partial charge is 0.0900 e. The molecule has 0 aromatic carbocycles. The Morgan fingerprint density at radius 3 is 2.47 bits per heavy atom. The van der Waals surface area contributed by atoms with Gasteiger partial charge in [-0.05, 0) is 32.6 Å². The van der Waals surface area contributed by atoms with Crippen molar-refractivity contribution in [3.05, 3.63) is 0 Å². The highest BCUT2D eigenvalue weighted by atomic mass is 16.5. The summed E-state index contributed by atoms with van der Waals surface area (Å²) in [6, 6.07) is 0. The molecule has 0 amide bonds.